The van der Waals surface area contributed by atoms with Crippen LogP contribution in [0.2, 0.25) is 0 Å². The lowest BCUT2D eigenvalue weighted by molar-refractivity contribution is 0.223. The van der Waals surface area contributed by atoms with Gasteiger partial charge in [0.2, 0.25) is 0 Å². The molecule has 0 saturated carbocycles. The van der Waals surface area contributed by atoms with Crippen LogP contribution in [0.15, 0.2) is 36.4 Å². The van der Waals surface area contributed by atoms with Crippen LogP contribution in [0.3, 0.4) is 0 Å². The minimum absolute atomic E-state index is 0.144. The Kier molecular flexibility index (Phi) is 5.59. The van der Waals surface area contributed by atoms with Crippen LogP contribution in [0.1, 0.15) is 25.8 Å². The number of rotatable bonds is 7. The van der Waals surface area contributed by atoms with Crippen molar-refractivity contribution < 1.29 is 9.84 Å². The summed E-state index contributed by atoms with van der Waals surface area (Å²) in [6.45, 7) is 5.27. The molecule has 114 valence electrons. The van der Waals surface area contributed by atoms with E-state index in [0.717, 1.165) is 24.1 Å². The second-order valence-electron chi connectivity index (χ2n) is 5.86. The van der Waals surface area contributed by atoms with E-state index in [2.05, 4.69) is 37.4 Å². The number of nitrogens with one attached hydrogen (secondary N) is 1. The van der Waals surface area contributed by atoms with Crippen LogP contribution in [0.4, 0.5) is 0 Å². The Morgan fingerprint density at radius 1 is 1.10 bits per heavy atom. The zero-order valence-electron chi connectivity index (χ0n) is 13.1. The van der Waals surface area contributed by atoms with Gasteiger partial charge in [0.15, 0.2) is 0 Å². The highest BCUT2D eigenvalue weighted by atomic mass is 16.5. The molecule has 0 aliphatic rings. The van der Waals surface area contributed by atoms with Crippen LogP contribution in [0.5, 0.6) is 5.75 Å². The van der Waals surface area contributed by atoms with Crippen LogP contribution in [-0.2, 0) is 6.54 Å². The summed E-state index contributed by atoms with van der Waals surface area (Å²) >= 11 is 0. The molecule has 1 unspecified atom stereocenters. The van der Waals surface area contributed by atoms with Crippen molar-refractivity contribution in [1.82, 2.24) is 5.32 Å². The first-order chi connectivity index (χ1) is 10.2. The van der Waals surface area contributed by atoms with Gasteiger partial charge in [-0.2, -0.15) is 0 Å². The lowest BCUT2D eigenvalue weighted by Gasteiger charge is -2.19. The molecule has 0 aliphatic heterocycles. The molecule has 0 bridgehead atoms. The SMILES string of the molecule is COc1ccc(CNC(CO)CC(C)C)c2ccccc12. The molecule has 0 radical (unpaired) electrons. The number of ether oxygens (including phenoxy) is 1. The molecular weight excluding hydrogens is 262 g/mol. The molecule has 3 nitrogen and oxygen atoms in total. The van der Waals surface area contributed by atoms with Crippen molar-refractivity contribution in [2.75, 3.05) is 13.7 Å². The molecule has 0 amide bonds. The number of hydrogen-bond acceptors (Lipinski definition) is 3. The van der Waals surface area contributed by atoms with E-state index in [-0.39, 0.29) is 12.6 Å². The van der Waals surface area contributed by atoms with Gasteiger partial charge in [0.25, 0.3) is 0 Å². The topological polar surface area (TPSA) is 41.5 Å². The first-order valence-corrected chi connectivity index (χ1v) is 7.54. The third-order valence-corrected chi connectivity index (χ3v) is 3.75. The van der Waals surface area contributed by atoms with E-state index < -0.39 is 0 Å². The van der Waals surface area contributed by atoms with Crippen LogP contribution in [0.25, 0.3) is 10.8 Å². The van der Waals surface area contributed by atoms with Gasteiger partial charge >= 0.3 is 0 Å². The molecule has 0 aliphatic carbocycles. The first-order valence-electron chi connectivity index (χ1n) is 7.54. The molecule has 2 aromatic rings. The Bertz CT molecular complexity index is 580. The second kappa shape index (κ2) is 7.43. The number of aliphatic hydroxyl groups is 1. The highest BCUT2D eigenvalue weighted by molar-refractivity contribution is 5.91. The van der Waals surface area contributed by atoms with Gasteiger partial charge < -0.3 is 15.2 Å². The van der Waals surface area contributed by atoms with E-state index in [1.807, 2.05) is 18.2 Å². The van der Waals surface area contributed by atoms with E-state index in [9.17, 15) is 5.11 Å². The Labute approximate surface area is 126 Å². The van der Waals surface area contributed by atoms with Crippen molar-refractivity contribution in [2.24, 2.45) is 5.92 Å². The zero-order valence-corrected chi connectivity index (χ0v) is 13.1. The number of benzene rings is 2. The van der Waals surface area contributed by atoms with Gasteiger partial charge in [0.1, 0.15) is 5.75 Å². The predicted molar refractivity (Wildman–Crippen MR) is 87.7 cm³/mol. The van der Waals surface area contributed by atoms with E-state index in [4.69, 9.17) is 4.74 Å². The fourth-order valence-electron chi connectivity index (χ4n) is 2.71. The Morgan fingerprint density at radius 2 is 1.81 bits per heavy atom. The highest BCUT2D eigenvalue weighted by Crippen LogP contribution is 2.28. The molecule has 1 atom stereocenters. The van der Waals surface area contributed by atoms with E-state index in [1.165, 1.54) is 10.9 Å². The summed E-state index contributed by atoms with van der Waals surface area (Å²) in [6, 6.07) is 12.5. The molecule has 0 fully saturated rings. The van der Waals surface area contributed by atoms with Gasteiger partial charge in [-0.25, -0.2) is 0 Å². The lowest BCUT2D eigenvalue weighted by atomic mass is 10.0. The maximum absolute atomic E-state index is 9.47. The lowest BCUT2D eigenvalue weighted by Crippen LogP contribution is -2.33. The standard InChI is InChI=1S/C18H25NO2/c1-13(2)10-15(12-20)19-11-14-8-9-18(21-3)17-7-5-4-6-16(14)17/h4-9,13,15,19-20H,10-12H2,1-3H3. The Morgan fingerprint density at radius 3 is 2.43 bits per heavy atom. The number of methoxy groups -OCH3 is 1. The average molecular weight is 287 g/mol. The van der Waals surface area contributed by atoms with Gasteiger partial charge in [-0.3, -0.25) is 0 Å². The Hall–Kier alpha value is -1.58. The quantitative estimate of drug-likeness (QED) is 0.820. The molecule has 2 rings (SSSR count). The largest absolute Gasteiger partial charge is 0.496 e. The summed E-state index contributed by atoms with van der Waals surface area (Å²) in [5, 5.41) is 15.2. The van der Waals surface area contributed by atoms with Crippen molar-refractivity contribution in [2.45, 2.75) is 32.9 Å². The van der Waals surface area contributed by atoms with Gasteiger partial charge in [-0.15, -0.1) is 0 Å². The van der Waals surface area contributed by atoms with Crippen LogP contribution < -0.4 is 10.1 Å². The first kappa shape index (κ1) is 15.8. The van der Waals surface area contributed by atoms with Gasteiger partial charge in [0, 0.05) is 18.0 Å². The fourth-order valence-corrected chi connectivity index (χ4v) is 2.71. The van der Waals surface area contributed by atoms with Crippen molar-refractivity contribution >= 4 is 10.8 Å². The van der Waals surface area contributed by atoms with Crippen LogP contribution >= 0.6 is 0 Å². The molecule has 2 aromatic carbocycles. The van der Waals surface area contributed by atoms with Crippen molar-refractivity contribution in [3.8, 4) is 5.75 Å². The summed E-state index contributed by atoms with van der Waals surface area (Å²) in [5.41, 5.74) is 1.23. The molecule has 3 heteroatoms. The smallest absolute Gasteiger partial charge is 0.126 e. The summed E-state index contributed by atoms with van der Waals surface area (Å²) < 4.78 is 5.42. The molecule has 2 N–H and O–H groups in total. The Balaban J connectivity index is 2.19. The predicted octanol–water partition coefficient (Wildman–Crippen LogP) is 3.35. The summed E-state index contributed by atoms with van der Waals surface area (Å²) in [5.74, 6) is 1.47. The minimum Gasteiger partial charge on any atom is -0.496 e. The maximum Gasteiger partial charge on any atom is 0.126 e. The molecular formula is C18H25NO2. The van der Waals surface area contributed by atoms with Crippen molar-refractivity contribution in [3.63, 3.8) is 0 Å². The third kappa shape index (κ3) is 3.96. The second-order valence-corrected chi connectivity index (χ2v) is 5.86. The van der Waals surface area contributed by atoms with Crippen molar-refractivity contribution in [1.29, 1.82) is 0 Å². The average Bonchev–Trinajstić information content (AvgIpc) is 2.50. The monoisotopic (exact) mass is 287 g/mol. The summed E-state index contributed by atoms with van der Waals surface area (Å²) in [7, 11) is 1.70. The van der Waals surface area contributed by atoms with Crippen LogP contribution in [0, 0.1) is 5.92 Å². The molecule has 21 heavy (non-hydrogen) atoms. The number of hydrogen-bond donors (Lipinski definition) is 2. The molecule has 0 aromatic heterocycles. The minimum atomic E-state index is 0.144. The number of fused-ring (bicyclic) bond motifs is 1. The summed E-state index contributed by atoms with van der Waals surface area (Å²) in [6.07, 6.45) is 0.977. The van der Waals surface area contributed by atoms with E-state index >= 15 is 0 Å². The fraction of sp³-hybridized carbons (Fsp3) is 0.444. The van der Waals surface area contributed by atoms with E-state index in [0.29, 0.717) is 5.92 Å². The summed E-state index contributed by atoms with van der Waals surface area (Å²) in [4.78, 5) is 0. The maximum atomic E-state index is 9.47. The zero-order chi connectivity index (χ0) is 15.2. The van der Waals surface area contributed by atoms with Gasteiger partial charge in [-0.1, -0.05) is 44.2 Å². The number of aliphatic hydroxyl groups excluding tert-OH is 1. The third-order valence-electron chi connectivity index (χ3n) is 3.75. The molecule has 0 heterocycles. The highest BCUT2D eigenvalue weighted by Gasteiger charge is 2.11. The van der Waals surface area contributed by atoms with E-state index in [1.54, 1.807) is 7.11 Å². The normalized spacial score (nSPS) is 12.8. The van der Waals surface area contributed by atoms with Gasteiger partial charge in [-0.05, 0) is 29.4 Å². The van der Waals surface area contributed by atoms with Gasteiger partial charge in [0.05, 0.1) is 13.7 Å². The molecule has 0 saturated heterocycles. The van der Waals surface area contributed by atoms with Crippen LogP contribution in [-0.4, -0.2) is 24.9 Å². The molecule has 0 spiro atoms. The van der Waals surface area contributed by atoms with Crippen molar-refractivity contribution in [3.05, 3.63) is 42.0 Å².